The molecule has 0 aliphatic heterocycles. The summed E-state index contributed by atoms with van der Waals surface area (Å²) in [5.41, 5.74) is 2.55. The van der Waals surface area contributed by atoms with Gasteiger partial charge in [-0.05, 0) is 24.0 Å². The normalized spacial score (nSPS) is 12.2. The first-order chi connectivity index (χ1) is 7.22. The van der Waals surface area contributed by atoms with Crippen LogP contribution in [0.15, 0.2) is 24.3 Å². The first kappa shape index (κ1) is 11.8. The molecule has 0 radical (unpaired) electrons. The van der Waals surface area contributed by atoms with Gasteiger partial charge in [-0.15, -0.1) is 0 Å². The molecule has 2 heteroatoms. The van der Waals surface area contributed by atoms with Gasteiger partial charge in [0, 0.05) is 7.05 Å². The van der Waals surface area contributed by atoms with Crippen molar-refractivity contribution in [2.75, 3.05) is 7.05 Å². The first-order valence-corrected chi connectivity index (χ1v) is 5.49. The number of hydrogen-bond donors (Lipinski definition) is 0. The molecule has 15 heavy (non-hydrogen) atoms. The van der Waals surface area contributed by atoms with Crippen molar-refractivity contribution < 1.29 is 4.79 Å². The van der Waals surface area contributed by atoms with Gasteiger partial charge in [-0.2, -0.15) is 0 Å². The Kier molecular flexibility index (Phi) is 4.35. The van der Waals surface area contributed by atoms with Crippen LogP contribution >= 0.6 is 0 Å². The number of nitrogens with zero attached hydrogens (tertiary/aromatic N) is 1. The first-order valence-electron chi connectivity index (χ1n) is 5.49. The summed E-state index contributed by atoms with van der Waals surface area (Å²) >= 11 is 0. The summed E-state index contributed by atoms with van der Waals surface area (Å²) in [4.78, 5) is 12.5. The van der Waals surface area contributed by atoms with E-state index in [0.717, 1.165) is 19.3 Å². The summed E-state index contributed by atoms with van der Waals surface area (Å²) in [7, 11) is 1.83. The van der Waals surface area contributed by atoms with Crippen molar-refractivity contribution >= 4 is 6.41 Å². The highest BCUT2D eigenvalue weighted by Gasteiger charge is 2.12. The molecule has 0 saturated carbocycles. The second-order valence-electron chi connectivity index (χ2n) is 3.79. The third-order valence-electron chi connectivity index (χ3n) is 2.82. The van der Waals surface area contributed by atoms with Gasteiger partial charge < -0.3 is 4.90 Å². The Hall–Kier alpha value is -1.31. The molecule has 2 nitrogen and oxygen atoms in total. The maximum atomic E-state index is 10.7. The second-order valence-corrected chi connectivity index (χ2v) is 3.79. The Balaban J connectivity index is 2.87. The predicted molar refractivity (Wildman–Crippen MR) is 62.7 cm³/mol. The zero-order valence-electron chi connectivity index (χ0n) is 9.73. The zero-order valence-corrected chi connectivity index (χ0v) is 9.73. The van der Waals surface area contributed by atoms with Crippen LogP contribution in [0.5, 0.6) is 0 Å². The van der Waals surface area contributed by atoms with Crippen molar-refractivity contribution in [2.45, 2.75) is 32.7 Å². The van der Waals surface area contributed by atoms with Gasteiger partial charge >= 0.3 is 0 Å². The van der Waals surface area contributed by atoms with Crippen LogP contribution in [-0.4, -0.2) is 18.4 Å². The largest absolute Gasteiger partial charge is 0.341 e. The highest BCUT2D eigenvalue weighted by Crippen LogP contribution is 2.21. The molecule has 0 aliphatic rings. The molecule has 0 aliphatic carbocycles. The molecule has 1 atom stereocenters. The Bertz CT molecular complexity index is 305. The zero-order chi connectivity index (χ0) is 11.3. The van der Waals surface area contributed by atoms with Gasteiger partial charge in [0.15, 0.2) is 0 Å². The smallest absolute Gasteiger partial charge is 0.209 e. The minimum Gasteiger partial charge on any atom is -0.341 e. The average Bonchev–Trinajstić information content (AvgIpc) is 2.30. The van der Waals surface area contributed by atoms with E-state index in [2.05, 4.69) is 38.1 Å². The molecule has 1 rings (SSSR count). The topological polar surface area (TPSA) is 20.3 Å². The molecule has 0 spiro atoms. The van der Waals surface area contributed by atoms with E-state index in [0.29, 0.717) is 0 Å². The molecule has 0 N–H and O–H groups in total. The minimum absolute atomic E-state index is 0.202. The van der Waals surface area contributed by atoms with Gasteiger partial charge in [-0.25, -0.2) is 0 Å². The number of carbonyl (C=O) groups excluding carboxylic acids is 1. The molecule has 0 bridgehead atoms. The second kappa shape index (κ2) is 5.54. The fourth-order valence-corrected chi connectivity index (χ4v) is 1.81. The third-order valence-corrected chi connectivity index (χ3v) is 2.82. The average molecular weight is 205 g/mol. The van der Waals surface area contributed by atoms with Crippen molar-refractivity contribution in [3.05, 3.63) is 35.4 Å². The Labute approximate surface area is 91.9 Å². The fourth-order valence-electron chi connectivity index (χ4n) is 1.81. The van der Waals surface area contributed by atoms with Crippen LogP contribution in [0.1, 0.15) is 37.4 Å². The Morgan fingerprint density at radius 2 is 1.87 bits per heavy atom. The van der Waals surface area contributed by atoms with Crippen LogP contribution in [0.3, 0.4) is 0 Å². The summed E-state index contributed by atoms with van der Waals surface area (Å²) in [6.07, 6.45) is 2.89. The highest BCUT2D eigenvalue weighted by atomic mass is 16.1. The van der Waals surface area contributed by atoms with E-state index in [4.69, 9.17) is 0 Å². The highest BCUT2D eigenvalue weighted by molar-refractivity contribution is 5.48. The van der Waals surface area contributed by atoms with Gasteiger partial charge in [0.05, 0.1) is 6.04 Å². The predicted octanol–water partition coefficient (Wildman–Crippen LogP) is 2.79. The standard InChI is InChI=1S/C13H19NO/c1-4-11-6-8-12(9-7-11)13(5-2)14(3)10-15/h6-10,13H,4-5H2,1-3H3. The number of amides is 1. The monoisotopic (exact) mass is 205 g/mol. The maximum absolute atomic E-state index is 10.7. The molecule has 1 aromatic carbocycles. The molecule has 0 aromatic heterocycles. The molecule has 0 heterocycles. The van der Waals surface area contributed by atoms with Crippen molar-refractivity contribution in [3.63, 3.8) is 0 Å². The van der Waals surface area contributed by atoms with E-state index in [1.165, 1.54) is 11.1 Å². The van der Waals surface area contributed by atoms with E-state index >= 15 is 0 Å². The third kappa shape index (κ3) is 2.82. The van der Waals surface area contributed by atoms with Gasteiger partial charge in [-0.3, -0.25) is 4.79 Å². The van der Waals surface area contributed by atoms with E-state index in [9.17, 15) is 4.79 Å². The van der Waals surface area contributed by atoms with Crippen LogP contribution in [0.25, 0.3) is 0 Å². The number of aryl methyl sites for hydroxylation is 1. The lowest BCUT2D eigenvalue weighted by molar-refractivity contribution is -0.119. The summed E-state index contributed by atoms with van der Waals surface area (Å²) < 4.78 is 0. The summed E-state index contributed by atoms with van der Waals surface area (Å²) in [5.74, 6) is 0. The van der Waals surface area contributed by atoms with Crippen LogP contribution < -0.4 is 0 Å². The van der Waals surface area contributed by atoms with Crippen molar-refractivity contribution in [2.24, 2.45) is 0 Å². The van der Waals surface area contributed by atoms with Crippen LogP contribution in [-0.2, 0) is 11.2 Å². The Morgan fingerprint density at radius 1 is 1.27 bits per heavy atom. The Morgan fingerprint density at radius 3 is 2.27 bits per heavy atom. The van der Waals surface area contributed by atoms with E-state index in [-0.39, 0.29) is 6.04 Å². The lowest BCUT2D eigenvalue weighted by atomic mass is 10.0. The van der Waals surface area contributed by atoms with Gasteiger partial charge in [0.2, 0.25) is 6.41 Å². The molecule has 0 fully saturated rings. The molecule has 1 unspecified atom stereocenters. The summed E-state index contributed by atoms with van der Waals surface area (Å²) in [5, 5.41) is 0. The van der Waals surface area contributed by atoms with Gasteiger partial charge in [0.25, 0.3) is 0 Å². The number of rotatable bonds is 5. The van der Waals surface area contributed by atoms with Gasteiger partial charge in [0.1, 0.15) is 0 Å². The number of benzene rings is 1. The van der Waals surface area contributed by atoms with E-state index in [1.54, 1.807) is 4.90 Å². The van der Waals surface area contributed by atoms with Crippen LogP contribution in [0.4, 0.5) is 0 Å². The molecule has 82 valence electrons. The van der Waals surface area contributed by atoms with Crippen molar-refractivity contribution in [3.8, 4) is 0 Å². The molecule has 1 amide bonds. The van der Waals surface area contributed by atoms with Crippen LogP contribution in [0.2, 0.25) is 0 Å². The molecule has 1 aromatic rings. The number of carbonyl (C=O) groups is 1. The summed E-state index contributed by atoms with van der Waals surface area (Å²) in [6, 6.07) is 8.71. The van der Waals surface area contributed by atoms with Crippen LogP contribution in [0, 0.1) is 0 Å². The number of hydrogen-bond acceptors (Lipinski definition) is 1. The molecular weight excluding hydrogens is 186 g/mol. The van der Waals surface area contributed by atoms with E-state index in [1.807, 2.05) is 7.05 Å². The maximum Gasteiger partial charge on any atom is 0.209 e. The molecule has 0 saturated heterocycles. The minimum atomic E-state index is 0.202. The van der Waals surface area contributed by atoms with E-state index < -0.39 is 0 Å². The van der Waals surface area contributed by atoms with Crippen molar-refractivity contribution in [1.82, 2.24) is 4.90 Å². The summed E-state index contributed by atoms with van der Waals surface area (Å²) in [6.45, 7) is 4.24. The van der Waals surface area contributed by atoms with Crippen molar-refractivity contribution in [1.29, 1.82) is 0 Å². The quantitative estimate of drug-likeness (QED) is 0.677. The SMILES string of the molecule is CCc1ccc(C(CC)N(C)C=O)cc1. The van der Waals surface area contributed by atoms with Gasteiger partial charge in [-0.1, -0.05) is 38.1 Å². The fraction of sp³-hybridized carbons (Fsp3) is 0.462. The lowest BCUT2D eigenvalue weighted by Gasteiger charge is -2.23. The lowest BCUT2D eigenvalue weighted by Crippen LogP contribution is -2.22. The molecular formula is C13H19NO.